The van der Waals surface area contributed by atoms with Gasteiger partial charge < -0.3 is 5.11 Å². The SMILES string of the molecule is O=C(O)c1nc(-c2c(Cl)c(Cl)c(Cl)c(Cl)c2Cl)sc1-c1c(Cl)c(Cl)c(Cl)c(Cl)c1Cl. The summed E-state index contributed by atoms with van der Waals surface area (Å²) in [4.78, 5) is 16.0. The first kappa shape index (κ1) is 25.1. The molecule has 0 fully saturated rings. The number of nitrogens with zero attached hydrogens (tertiary/aromatic N) is 1. The smallest absolute Gasteiger partial charge is 0.356 e. The highest BCUT2D eigenvalue weighted by atomic mass is 35.5. The Labute approximate surface area is 223 Å². The molecular formula is C16HCl10NO2S. The number of carbonyl (C=O) groups is 1. The van der Waals surface area contributed by atoms with Gasteiger partial charge in [0.05, 0.1) is 60.7 Å². The number of carboxylic acids is 1. The Kier molecular flexibility index (Phi) is 7.82. The Morgan fingerprint density at radius 3 is 1.30 bits per heavy atom. The van der Waals surface area contributed by atoms with E-state index >= 15 is 0 Å². The maximum absolute atomic E-state index is 11.9. The summed E-state index contributed by atoms with van der Waals surface area (Å²) in [6.45, 7) is 0. The fourth-order valence-corrected chi connectivity index (χ4v) is 6.38. The molecule has 0 aliphatic heterocycles. The van der Waals surface area contributed by atoms with Gasteiger partial charge in [0, 0.05) is 5.56 Å². The van der Waals surface area contributed by atoms with Crippen molar-refractivity contribution >= 4 is 133 Å². The number of aromatic carboxylic acids is 1. The van der Waals surface area contributed by atoms with Crippen LogP contribution in [0.1, 0.15) is 10.5 Å². The quantitative estimate of drug-likeness (QED) is 0.233. The summed E-state index contributed by atoms with van der Waals surface area (Å²) >= 11 is 62.4. The highest BCUT2D eigenvalue weighted by molar-refractivity contribution is 7.19. The Morgan fingerprint density at radius 2 is 0.933 bits per heavy atom. The summed E-state index contributed by atoms with van der Waals surface area (Å²) in [5.41, 5.74) is -0.310. The monoisotopic (exact) mass is 621 g/mol. The first-order chi connectivity index (χ1) is 13.9. The molecule has 0 bridgehead atoms. The highest BCUT2D eigenvalue weighted by Gasteiger charge is 2.30. The third-order valence-corrected chi connectivity index (χ3v) is 9.33. The van der Waals surface area contributed by atoms with Crippen LogP contribution in [-0.4, -0.2) is 16.1 Å². The minimum Gasteiger partial charge on any atom is -0.476 e. The van der Waals surface area contributed by atoms with Gasteiger partial charge in [-0.2, -0.15) is 0 Å². The molecule has 158 valence electrons. The molecule has 3 rings (SSSR count). The van der Waals surface area contributed by atoms with Crippen LogP contribution in [0.5, 0.6) is 0 Å². The molecule has 1 aromatic heterocycles. The molecule has 0 amide bonds. The fourth-order valence-electron chi connectivity index (χ4n) is 2.34. The molecule has 0 spiro atoms. The molecule has 0 aliphatic carbocycles. The number of aromatic nitrogens is 1. The van der Waals surface area contributed by atoms with Crippen molar-refractivity contribution < 1.29 is 9.90 Å². The maximum atomic E-state index is 11.9. The van der Waals surface area contributed by atoms with Crippen LogP contribution in [0.4, 0.5) is 0 Å². The standard InChI is InChI=1S/C16HCl10NO2S/c17-3-1(4(18)8(22)11(25)7(3)21)14-13(16(28)29)27-15(30-14)2-5(19)9(23)12(26)10(24)6(2)20/h(H,28,29). The Hall–Kier alpha value is 0.440. The van der Waals surface area contributed by atoms with Gasteiger partial charge in [0.1, 0.15) is 5.01 Å². The Balaban J connectivity index is 2.41. The van der Waals surface area contributed by atoms with E-state index in [1.165, 1.54) is 0 Å². The molecule has 1 N–H and O–H groups in total. The molecule has 3 nitrogen and oxygen atoms in total. The van der Waals surface area contributed by atoms with Gasteiger partial charge in [-0.05, 0) is 0 Å². The van der Waals surface area contributed by atoms with Gasteiger partial charge in [-0.25, -0.2) is 9.78 Å². The van der Waals surface area contributed by atoms with E-state index < -0.39 is 11.7 Å². The minimum atomic E-state index is -1.39. The summed E-state index contributed by atoms with van der Waals surface area (Å²) in [7, 11) is 0. The normalized spacial score (nSPS) is 11.3. The van der Waals surface area contributed by atoms with Crippen molar-refractivity contribution in [2.24, 2.45) is 0 Å². The van der Waals surface area contributed by atoms with Gasteiger partial charge in [0.2, 0.25) is 0 Å². The molecule has 0 saturated carbocycles. The topological polar surface area (TPSA) is 50.2 Å². The zero-order chi connectivity index (χ0) is 22.7. The lowest BCUT2D eigenvalue weighted by molar-refractivity contribution is 0.0692. The van der Waals surface area contributed by atoms with Crippen LogP contribution < -0.4 is 0 Å². The number of hydrogen-bond acceptors (Lipinski definition) is 3. The maximum Gasteiger partial charge on any atom is 0.356 e. The van der Waals surface area contributed by atoms with Crippen LogP contribution in [0.2, 0.25) is 50.2 Å². The van der Waals surface area contributed by atoms with E-state index in [1.54, 1.807) is 0 Å². The number of benzene rings is 2. The van der Waals surface area contributed by atoms with E-state index in [0.29, 0.717) is 0 Å². The molecule has 3 aromatic rings. The predicted molar refractivity (Wildman–Crippen MR) is 130 cm³/mol. The lowest BCUT2D eigenvalue weighted by Crippen LogP contribution is -2.00. The number of carboxylic acid groups (broad SMARTS) is 1. The van der Waals surface area contributed by atoms with Gasteiger partial charge in [0.15, 0.2) is 5.69 Å². The third-order valence-electron chi connectivity index (χ3n) is 3.69. The molecule has 2 aromatic carbocycles. The summed E-state index contributed by atoms with van der Waals surface area (Å²) in [5.74, 6) is -1.39. The van der Waals surface area contributed by atoms with Crippen molar-refractivity contribution in [2.45, 2.75) is 0 Å². The number of hydrogen-bond donors (Lipinski definition) is 1. The van der Waals surface area contributed by atoms with Crippen LogP contribution in [0.15, 0.2) is 0 Å². The largest absolute Gasteiger partial charge is 0.476 e. The van der Waals surface area contributed by atoms with Crippen molar-refractivity contribution in [2.75, 3.05) is 0 Å². The molecule has 0 saturated heterocycles. The van der Waals surface area contributed by atoms with Gasteiger partial charge in [0.25, 0.3) is 0 Å². The molecule has 0 unspecified atom stereocenters. The molecule has 0 aliphatic rings. The highest BCUT2D eigenvalue weighted by Crippen LogP contribution is 2.53. The van der Waals surface area contributed by atoms with E-state index in [9.17, 15) is 9.90 Å². The Morgan fingerprint density at radius 1 is 0.600 bits per heavy atom. The number of rotatable bonds is 3. The van der Waals surface area contributed by atoms with Gasteiger partial charge in [-0.15, -0.1) is 11.3 Å². The molecule has 30 heavy (non-hydrogen) atoms. The zero-order valence-electron chi connectivity index (χ0n) is 13.5. The first-order valence-electron chi connectivity index (χ1n) is 7.17. The van der Waals surface area contributed by atoms with Gasteiger partial charge in [-0.3, -0.25) is 0 Å². The second-order valence-electron chi connectivity index (χ2n) is 5.39. The van der Waals surface area contributed by atoms with Crippen LogP contribution in [0.3, 0.4) is 0 Å². The van der Waals surface area contributed by atoms with Gasteiger partial charge in [-0.1, -0.05) is 116 Å². The second-order valence-corrected chi connectivity index (χ2v) is 10.2. The lowest BCUT2D eigenvalue weighted by Gasteiger charge is -2.11. The van der Waals surface area contributed by atoms with Crippen molar-refractivity contribution in [3.05, 3.63) is 55.9 Å². The average molecular weight is 626 g/mol. The van der Waals surface area contributed by atoms with E-state index in [-0.39, 0.29) is 71.2 Å². The van der Waals surface area contributed by atoms with Crippen LogP contribution in [-0.2, 0) is 0 Å². The second kappa shape index (κ2) is 9.36. The van der Waals surface area contributed by atoms with Crippen LogP contribution in [0.25, 0.3) is 21.0 Å². The zero-order valence-corrected chi connectivity index (χ0v) is 21.9. The minimum absolute atomic E-state index is 0.0253. The molecule has 14 heteroatoms. The summed E-state index contributed by atoms with van der Waals surface area (Å²) < 4.78 is 0. The van der Waals surface area contributed by atoms with Crippen LogP contribution in [0, 0.1) is 0 Å². The predicted octanol–water partition coefficient (Wildman–Crippen LogP) is 10.7. The third kappa shape index (κ3) is 4.08. The molecule has 1 heterocycles. The number of halogens is 10. The summed E-state index contributed by atoms with van der Waals surface area (Å²) in [6.07, 6.45) is 0. The van der Waals surface area contributed by atoms with E-state index in [0.717, 1.165) is 11.3 Å². The van der Waals surface area contributed by atoms with E-state index in [1.807, 2.05) is 0 Å². The van der Waals surface area contributed by atoms with Crippen molar-refractivity contribution in [1.82, 2.24) is 4.98 Å². The lowest BCUT2D eigenvalue weighted by atomic mass is 10.1. The van der Waals surface area contributed by atoms with E-state index in [4.69, 9.17) is 116 Å². The molecular weight excluding hydrogens is 625 g/mol. The first-order valence-corrected chi connectivity index (χ1v) is 11.8. The van der Waals surface area contributed by atoms with Gasteiger partial charge >= 0.3 is 5.97 Å². The average Bonchev–Trinajstić information content (AvgIpc) is 3.13. The number of thiazole rings is 1. The van der Waals surface area contributed by atoms with E-state index in [2.05, 4.69) is 4.98 Å². The van der Waals surface area contributed by atoms with Crippen molar-refractivity contribution in [3.63, 3.8) is 0 Å². The molecule has 0 radical (unpaired) electrons. The fraction of sp³-hybridized carbons (Fsp3) is 0. The van der Waals surface area contributed by atoms with Crippen molar-refractivity contribution in [1.29, 1.82) is 0 Å². The molecule has 0 atom stereocenters. The van der Waals surface area contributed by atoms with Crippen LogP contribution >= 0.6 is 127 Å². The summed E-state index contributed by atoms with van der Waals surface area (Å²) in [6, 6.07) is 0. The Bertz CT molecular complexity index is 1180. The summed E-state index contributed by atoms with van der Waals surface area (Å²) in [5, 5.41) is 8.86. The van der Waals surface area contributed by atoms with Crippen molar-refractivity contribution in [3.8, 4) is 21.0 Å².